The molecule has 0 atom stereocenters. The summed E-state index contributed by atoms with van der Waals surface area (Å²) in [5.41, 5.74) is 5.08. The van der Waals surface area contributed by atoms with E-state index >= 15 is 0 Å². The molecule has 0 rings (SSSR count). The van der Waals surface area contributed by atoms with Gasteiger partial charge >= 0.3 is 0 Å². The Hall–Kier alpha value is -0.200. The fourth-order valence-corrected chi connectivity index (χ4v) is 0.515. The number of thioether (sulfide) groups is 1. The first kappa shape index (κ1) is 6.80. The van der Waals surface area contributed by atoms with E-state index in [0.717, 1.165) is 0 Å². The Balaban J connectivity index is 3.02. The van der Waals surface area contributed by atoms with Crippen molar-refractivity contribution >= 4 is 28.3 Å². The number of hydrogen-bond donors (Lipinski definition) is 1. The van der Waals surface area contributed by atoms with Crippen molar-refractivity contribution in [3.8, 4) is 12.3 Å². The average Bonchev–Trinajstić information content (AvgIpc) is 1.61. The molecule has 0 amide bonds. The molecule has 3 heteroatoms. The number of rotatable bonds is 1. The van der Waals surface area contributed by atoms with Crippen molar-refractivity contribution in [3.63, 3.8) is 0 Å². The lowest BCUT2D eigenvalue weighted by atomic mass is 10.8. The van der Waals surface area contributed by atoms with E-state index in [2.05, 4.69) is 18.1 Å². The summed E-state index contributed by atoms with van der Waals surface area (Å²) in [7, 11) is 0. The number of hydrogen-bond acceptors (Lipinski definition) is 2. The second kappa shape index (κ2) is 3.97. The highest BCUT2D eigenvalue weighted by molar-refractivity contribution is 8.23. The zero-order valence-corrected chi connectivity index (χ0v) is 5.31. The summed E-state index contributed by atoms with van der Waals surface area (Å²) in [6, 6.07) is 0. The van der Waals surface area contributed by atoms with Crippen molar-refractivity contribution in [2.45, 2.75) is 0 Å². The normalized spacial score (nSPS) is 7.29. The van der Waals surface area contributed by atoms with Gasteiger partial charge in [0, 0.05) is 0 Å². The topological polar surface area (TPSA) is 26.0 Å². The van der Waals surface area contributed by atoms with Crippen LogP contribution >= 0.6 is 24.0 Å². The molecule has 1 nitrogen and oxygen atoms in total. The summed E-state index contributed by atoms with van der Waals surface area (Å²) in [5, 5.41) is 0. The highest BCUT2D eigenvalue weighted by Crippen LogP contribution is 1.95. The van der Waals surface area contributed by atoms with Crippen molar-refractivity contribution in [3.05, 3.63) is 0 Å². The first-order chi connectivity index (χ1) is 3.27. The molecule has 0 aromatic carbocycles. The third-order valence-corrected chi connectivity index (χ3v) is 1.25. The first-order valence-electron chi connectivity index (χ1n) is 1.63. The largest absolute Gasteiger partial charge is 0.385 e. The fraction of sp³-hybridized carbons (Fsp3) is 0.250. The lowest BCUT2D eigenvalue weighted by Crippen LogP contribution is -2.01. The van der Waals surface area contributed by atoms with Gasteiger partial charge in [-0.3, -0.25) is 0 Å². The van der Waals surface area contributed by atoms with Crippen molar-refractivity contribution in [2.24, 2.45) is 5.73 Å². The lowest BCUT2D eigenvalue weighted by Gasteiger charge is -1.85. The van der Waals surface area contributed by atoms with Gasteiger partial charge in [-0.25, -0.2) is 0 Å². The van der Waals surface area contributed by atoms with Crippen molar-refractivity contribution in [1.29, 1.82) is 0 Å². The van der Waals surface area contributed by atoms with Gasteiger partial charge in [0.05, 0.1) is 5.75 Å². The second-order valence-electron chi connectivity index (χ2n) is 0.812. The predicted molar refractivity (Wildman–Crippen MR) is 38.1 cm³/mol. The Labute approximate surface area is 52.7 Å². The zero-order chi connectivity index (χ0) is 5.70. The van der Waals surface area contributed by atoms with Gasteiger partial charge in [0.25, 0.3) is 0 Å². The van der Waals surface area contributed by atoms with Crippen LogP contribution in [0.15, 0.2) is 0 Å². The van der Waals surface area contributed by atoms with Crippen LogP contribution in [0.5, 0.6) is 0 Å². The van der Waals surface area contributed by atoms with Crippen LogP contribution in [0.1, 0.15) is 0 Å². The Bertz CT molecular complexity index is 103. The third kappa shape index (κ3) is 5.80. The van der Waals surface area contributed by atoms with Gasteiger partial charge in [-0.2, -0.15) is 0 Å². The fourth-order valence-electron chi connectivity index (χ4n) is 0.113. The standard InChI is InChI=1S/C4H5NS2/c1-2-3-7-4(5)6/h1H,3H2,(H2,5,6). The van der Waals surface area contributed by atoms with E-state index < -0.39 is 0 Å². The smallest absolute Gasteiger partial charge is 0.132 e. The van der Waals surface area contributed by atoms with Gasteiger partial charge in [0.15, 0.2) is 0 Å². The van der Waals surface area contributed by atoms with E-state index in [-0.39, 0.29) is 0 Å². The highest BCUT2D eigenvalue weighted by atomic mass is 32.2. The molecule has 0 aromatic rings. The minimum atomic E-state index is 0.415. The van der Waals surface area contributed by atoms with Crippen molar-refractivity contribution in [2.75, 3.05) is 5.75 Å². The van der Waals surface area contributed by atoms with Gasteiger partial charge in [-0.05, 0) is 0 Å². The molecule has 0 spiro atoms. The maximum Gasteiger partial charge on any atom is 0.132 e. The molecule has 38 valence electrons. The number of nitrogens with two attached hydrogens (primary N) is 1. The first-order valence-corrected chi connectivity index (χ1v) is 3.02. The van der Waals surface area contributed by atoms with Crippen LogP contribution in [0, 0.1) is 12.3 Å². The van der Waals surface area contributed by atoms with E-state index in [1.807, 2.05) is 0 Å². The van der Waals surface area contributed by atoms with E-state index in [1.165, 1.54) is 11.8 Å². The van der Waals surface area contributed by atoms with E-state index in [4.69, 9.17) is 12.2 Å². The molecule has 0 fully saturated rings. The number of terminal acetylenes is 1. The average molecular weight is 131 g/mol. The molecule has 0 bridgehead atoms. The SMILES string of the molecule is C#CCSC(N)=S. The summed E-state index contributed by atoms with van der Waals surface area (Å²) < 4.78 is 0.415. The van der Waals surface area contributed by atoms with Gasteiger partial charge in [-0.1, -0.05) is 29.9 Å². The molecule has 0 aliphatic carbocycles. The van der Waals surface area contributed by atoms with Crippen molar-refractivity contribution < 1.29 is 0 Å². The molecule has 2 N–H and O–H groups in total. The van der Waals surface area contributed by atoms with Crippen LogP contribution in [0.25, 0.3) is 0 Å². The molecule has 0 saturated heterocycles. The van der Waals surface area contributed by atoms with Gasteiger partial charge in [0.2, 0.25) is 0 Å². The molecule has 0 heterocycles. The van der Waals surface area contributed by atoms with Crippen LogP contribution in [0.2, 0.25) is 0 Å². The summed E-state index contributed by atoms with van der Waals surface area (Å²) in [6.45, 7) is 0. The van der Waals surface area contributed by atoms with Gasteiger partial charge < -0.3 is 5.73 Å². The quantitative estimate of drug-likeness (QED) is 0.417. The third-order valence-electron chi connectivity index (χ3n) is 0.298. The summed E-state index contributed by atoms with van der Waals surface area (Å²) in [5.74, 6) is 2.97. The van der Waals surface area contributed by atoms with Crippen LogP contribution in [0.4, 0.5) is 0 Å². The second-order valence-corrected chi connectivity index (χ2v) is 2.53. The van der Waals surface area contributed by atoms with Gasteiger partial charge in [-0.15, -0.1) is 6.42 Å². The molecular weight excluding hydrogens is 126 g/mol. The summed E-state index contributed by atoms with van der Waals surface area (Å²) in [6.07, 6.45) is 4.89. The summed E-state index contributed by atoms with van der Waals surface area (Å²) in [4.78, 5) is 0. The van der Waals surface area contributed by atoms with Crippen LogP contribution in [0.3, 0.4) is 0 Å². The van der Waals surface area contributed by atoms with Gasteiger partial charge in [0.1, 0.15) is 4.32 Å². The van der Waals surface area contributed by atoms with Crippen LogP contribution < -0.4 is 5.73 Å². The molecule has 0 aliphatic rings. The lowest BCUT2D eigenvalue weighted by molar-refractivity contribution is 1.89. The Morgan fingerprint density at radius 3 is 2.71 bits per heavy atom. The minimum Gasteiger partial charge on any atom is -0.385 e. The van der Waals surface area contributed by atoms with E-state index in [9.17, 15) is 0 Å². The Morgan fingerprint density at radius 2 is 2.57 bits per heavy atom. The van der Waals surface area contributed by atoms with Crippen LogP contribution in [-0.4, -0.2) is 10.1 Å². The van der Waals surface area contributed by atoms with Crippen molar-refractivity contribution in [1.82, 2.24) is 0 Å². The Morgan fingerprint density at radius 1 is 2.00 bits per heavy atom. The summed E-state index contributed by atoms with van der Waals surface area (Å²) >= 11 is 5.81. The van der Waals surface area contributed by atoms with E-state index in [1.54, 1.807) is 0 Å². The highest BCUT2D eigenvalue weighted by Gasteiger charge is 1.81. The van der Waals surface area contributed by atoms with E-state index in [0.29, 0.717) is 10.1 Å². The molecule has 0 unspecified atom stereocenters. The predicted octanol–water partition coefficient (Wildman–Crippen LogP) is 0.596. The molecule has 0 aromatic heterocycles. The maximum absolute atomic E-state index is 5.08. The molecule has 7 heavy (non-hydrogen) atoms. The molecular formula is C4H5NS2. The molecule has 0 radical (unpaired) electrons. The maximum atomic E-state index is 5.08. The zero-order valence-electron chi connectivity index (χ0n) is 3.68. The van der Waals surface area contributed by atoms with Crippen LogP contribution in [-0.2, 0) is 0 Å². The Kier molecular flexibility index (Phi) is 3.86. The molecule has 0 saturated carbocycles. The monoisotopic (exact) mass is 131 g/mol. The minimum absolute atomic E-state index is 0.415. The molecule has 0 aliphatic heterocycles. The number of thiocarbonyl (C=S) groups is 1.